The predicted octanol–water partition coefficient (Wildman–Crippen LogP) is 4.53. The predicted molar refractivity (Wildman–Crippen MR) is 78.5 cm³/mol. The van der Waals surface area contributed by atoms with Crippen molar-refractivity contribution < 1.29 is 4.79 Å². The lowest BCUT2D eigenvalue weighted by Gasteiger charge is -1.98. The third-order valence-electron chi connectivity index (χ3n) is 2.91. The van der Waals surface area contributed by atoms with Crippen LogP contribution in [0.3, 0.4) is 0 Å². The van der Waals surface area contributed by atoms with Crippen molar-refractivity contribution in [3.05, 3.63) is 56.3 Å². The highest BCUT2D eigenvalue weighted by molar-refractivity contribution is 9.10. The molecule has 1 aromatic carbocycles. The van der Waals surface area contributed by atoms with E-state index in [0.29, 0.717) is 0 Å². The van der Waals surface area contributed by atoms with E-state index in [0.717, 1.165) is 31.4 Å². The highest BCUT2D eigenvalue weighted by atomic mass is 79.9. The fourth-order valence-corrected chi connectivity index (χ4v) is 3.51. The number of halogens is 1. The lowest BCUT2D eigenvalue weighted by molar-refractivity contribution is 0.104. The second kappa shape index (κ2) is 4.37. The second-order valence-corrected chi connectivity index (χ2v) is 5.95. The molecule has 0 bridgehead atoms. The first kappa shape index (κ1) is 11.7. The molecule has 90 valence electrons. The van der Waals surface area contributed by atoms with Gasteiger partial charge in [-0.25, -0.2) is 0 Å². The number of aromatic nitrogens is 1. The van der Waals surface area contributed by atoms with Gasteiger partial charge in [0.1, 0.15) is 0 Å². The van der Waals surface area contributed by atoms with Crippen molar-refractivity contribution in [3.8, 4) is 0 Å². The van der Waals surface area contributed by atoms with E-state index in [2.05, 4.69) is 20.9 Å². The van der Waals surface area contributed by atoms with E-state index < -0.39 is 0 Å². The fraction of sp³-hybridized carbons (Fsp3) is 0.0714. The highest BCUT2D eigenvalue weighted by Crippen LogP contribution is 2.28. The Bertz CT molecular complexity index is 741. The number of nitrogens with one attached hydrogen (secondary N) is 1. The molecule has 3 rings (SSSR count). The molecule has 0 aliphatic heterocycles. The highest BCUT2D eigenvalue weighted by Gasteiger charge is 2.17. The largest absolute Gasteiger partial charge is 0.360 e. The Morgan fingerprint density at radius 3 is 2.89 bits per heavy atom. The number of fused-ring (bicyclic) bond motifs is 1. The van der Waals surface area contributed by atoms with Crippen LogP contribution in [0.1, 0.15) is 20.8 Å². The number of ketones is 1. The van der Waals surface area contributed by atoms with E-state index in [1.54, 1.807) is 6.20 Å². The minimum absolute atomic E-state index is 0.0636. The molecule has 1 N–H and O–H groups in total. The van der Waals surface area contributed by atoms with Crippen LogP contribution in [0.15, 0.2) is 40.3 Å². The topological polar surface area (TPSA) is 32.9 Å². The van der Waals surface area contributed by atoms with Gasteiger partial charge in [0.05, 0.1) is 4.88 Å². The van der Waals surface area contributed by atoms with Crippen LogP contribution in [0.5, 0.6) is 0 Å². The molecule has 0 aliphatic rings. The van der Waals surface area contributed by atoms with Gasteiger partial charge >= 0.3 is 0 Å². The number of rotatable bonds is 2. The van der Waals surface area contributed by atoms with Crippen LogP contribution in [0, 0.1) is 6.92 Å². The number of hydrogen-bond acceptors (Lipinski definition) is 2. The summed E-state index contributed by atoms with van der Waals surface area (Å²) in [5.41, 5.74) is 2.88. The molecule has 0 unspecified atom stereocenters. The first-order valence-electron chi connectivity index (χ1n) is 5.52. The SMILES string of the molecule is Cc1ccc2[nH]cc(C(=O)c3sccc3Br)c2c1. The van der Waals surface area contributed by atoms with E-state index in [1.807, 2.05) is 36.6 Å². The molecule has 2 heterocycles. The molecule has 2 aromatic heterocycles. The summed E-state index contributed by atoms with van der Waals surface area (Å²) in [6, 6.07) is 7.98. The van der Waals surface area contributed by atoms with Crippen LogP contribution in [0.25, 0.3) is 10.9 Å². The normalized spacial score (nSPS) is 11.0. The summed E-state index contributed by atoms with van der Waals surface area (Å²) in [4.78, 5) is 16.4. The van der Waals surface area contributed by atoms with Crippen molar-refractivity contribution in [2.45, 2.75) is 6.92 Å². The maximum Gasteiger partial charge on any atom is 0.206 e. The molecule has 4 heteroatoms. The van der Waals surface area contributed by atoms with E-state index in [4.69, 9.17) is 0 Å². The quantitative estimate of drug-likeness (QED) is 0.691. The first-order valence-corrected chi connectivity index (χ1v) is 7.19. The zero-order valence-corrected chi connectivity index (χ0v) is 12.1. The van der Waals surface area contributed by atoms with E-state index in [9.17, 15) is 4.79 Å². The number of hydrogen-bond donors (Lipinski definition) is 1. The summed E-state index contributed by atoms with van der Waals surface area (Å²) in [5, 5.41) is 2.90. The first-order chi connectivity index (χ1) is 8.66. The number of carbonyl (C=O) groups is 1. The monoisotopic (exact) mass is 319 g/mol. The molecule has 3 aromatic rings. The third kappa shape index (κ3) is 1.82. The van der Waals surface area contributed by atoms with Crippen LogP contribution >= 0.6 is 27.3 Å². The Balaban J connectivity index is 2.18. The van der Waals surface area contributed by atoms with Crippen molar-refractivity contribution in [3.63, 3.8) is 0 Å². The van der Waals surface area contributed by atoms with Gasteiger partial charge in [-0.15, -0.1) is 11.3 Å². The summed E-state index contributed by atoms with van der Waals surface area (Å²) in [5.74, 6) is 0.0636. The molecule has 0 saturated heterocycles. The van der Waals surface area contributed by atoms with Gasteiger partial charge < -0.3 is 4.98 Å². The summed E-state index contributed by atoms with van der Waals surface area (Å²) in [7, 11) is 0. The molecular weight excluding hydrogens is 310 g/mol. The number of aromatic amines is 1. The van der Waals surface area contributed by atoms with Gasteiger partial charge in [-0.2, -0.15) is 0 Å². The van der Waals surface area contributed by atoms with Crippen molar-refractivity contribution in [2.75, 3.05) is 0 Å². The minimum atomic E-state index is 0.0636. The smallest absolute Gasteiger partial charge is 0.206 e. The number of benzene rings is 1. The summed E-state index contributed by atoms with van der Waals surface area (Å²) in [6.45, 7) is 2.03. The maximum atomic E-state index is 12.5. The van der Waals surface area contributed by atoms with Crippen LogP contribution in [0.2, 0.25) is 0 Å². The molecule has 0 atom stereocenters. The Kier molecular flexibility index (Phi) is 2.84. The summed E-state index contributed by atoms with van der Waals surface area (Å²) in [6.07, 6.45) is 1.79. The van der Waals surface area contributed by atoms with Crippen LogP contribution < -0.4 is 0 Å². The van der Waals surface area contributed by atoms with Crippen molar-refractivity contribution >= 4 is 44.0 Å². The average molecular weight is 320 g/mol. The Morgan fingerprint density at radius 2 is 2.17 bits per heavy atom. The van der Waals surface area contributed by atoms with E-state index in [1.165, 1.54) is 11.3 Å². The van der Waals surface area contributed by atoms with Gasteiger partial charge in [-0.05, 0) is 46.4 Å². The van der Waals surface area contributed by atoms with Gasteiger partial charge in [-0.1, -0.05) is 11.6 Å². The molecule has 0 spiro atoms. The summed E-state index contributed by atoms with van der Waals surface area (Å²) >= 11 is 4.87. The second-order valence-electron chi connectivity index (χ2n) is 4.18. The lowest BCUT2D eigenvalue weighted by Crippen LogP contribution is -1.98. The van der Waals surface area contributed by atoms with Gasteiger partial charge in [0, 0.05) is 27.1 Å². The fourth-order valence-electron chi connectivity index (χ4n) is 2.00. The number of aryl methyl sites for hydroxylation is 1. The maximum absolute atomic E-state index is 12.5. The van der Waals surface area contributed by atoms with E-state index >= 15 is 0 Å². The third-order valence-corrected chi connectivity index (χ3v) is 4.74. The Morgan fingerprint density at radius 1 is 1.33 bits per heavy atom. The van der Waals surface area contributed by atoms with Crippen LogP contribution in [-0.2, 0) is 0 Å². The zero-order valence-electron chi connectivity index (χ0n) is 9.66. The molecule has 0 amide bonds. The Labute approximate surface area is 117 Å². The summed E-state index contributed by atoms with van der Waals surface area (Å²) < 4.78 is 0.861. The van der Waals surface area contributed by atoms with Gasteiger partial charge in [0.25, 0.3) is 0 Å². The van der Waals surface area contributed by atoms with Gasteiger partial charge in [-0.3, -0.25) is 4.79 Å². The van der Waals surface area contributed by atoms with Gasteiger partial charge in [0.15, 0.2) is 0 Å². The minimum Gasteiger partial charge on any atom is -0.360 e. The number of H-pyrrole nitrogens is 1. The molecule has 18 heavy (non-hydrogen) atoms. The molecular formula is C14H10BrNOS. The van der Waals surface area contributed by atoms with Crippen molar-refractivity contribution in [2.24, 2.45) is 0 Å². The van der Waals surface area contributed by atoms with Gasteiger partial charge in [0.2, 0.25) is 5.78 Å². The standard InChI is InChI=1S/C14H10BrNOS/c1-8-2-3-12-9(6-8)10(7-16-12)13(17)14-11(15)4-5-18-14/h2-7,16H,1H3. The van der Waals surface area contributed by atoms with Crippen LogP contribution in [-0.4, -0.2) is 10.8 Å². The zero-order chi connectivity index (χ0) is 12.7. The number of carbonyl (C=O) groups excluding carboxylic acids is 1. The van der Waals surface area contributed by atoms with Crippen molar-refractivity contribution in [1.82, 2.24) is 4.98 Å². The Hall–Kier alpha value is -1.39. The lowest BCUT2D eigenvalue weighted by atomic mass is 10.1. The molecule has 0 saturated carbocycles. The molecule has 0 fully saturated rings. The molecule has 0 radical (unpaired) electrons. The molecule has 0 aliphatic carbocycles. The van der Waals surface area contributed by atoms with E-state index in [-0.39, 0.29) is 5.78 Å². The number of thiophene rings is 1. The van der Waals surface area contributed by atoms with Crippen LogP contribution in [0.4, 0.5) is 0 Å². The van der Waals surface area contributed by atoms with Crippen molar-refractivity contribution in [1.29, 1.82) is 0 Å². The molecule has 2 nitrogen and oxygen atoms in total. The average Bonchev–Trinajstić information content (AvgIpc) is 2.94.